The van der Waals surface area contributed by atoms with Crippen LogP contribution in [-0.4, -0.2) is 27.6 Å². The lowest BCUT2D eigenvalue weighted by Gasteiger charge is -1.98. The van der Waals surface area contributed by atoms with Gasteiger partial charge in [-0.05, 0) is 6.54 Å². The largest absolute Gasteiger partial charge is 0.445 e. The number of alkyl halides is 3. The van der Waals surface area contributed by atoms with E-state index < -0.39 is 17.1 Å². The Kier molecular flexibility index (Phi) is 4.30. The van der Waals surface area contributed by atoms with E-state index >= 15 is 0 Å². The van der Waals surface area contributed by atoms with Gasteiger partial charge in [0.2, 0.25) is 10.1 Å². The Morgan fingerprint density at radius 2 is 2.15 bits per heavy atom. The second-order valence-corrected chi connectivity index (χ2v) is 5.45. The minimum absolute atomic E-state index is 0.113. The first kappa shape index (κ1) is 14.8. The summed E-state index contributed by atoms with van der Waals surface area (Å²) in [6, 6.07) is 0. The van der Waals surface area contributed by atoms with Crippen molar-refractivity contribution in [3.05, 3.63) is 21.1 Å². The maximum Gasteiger partial charge on any atom is 0.445 e. The van der Waals surface area contributed by atoms with Gasteiger partial charge in [-0.25, -0.2) is 4.98 Å². The molecule has 0 aliphatic carbocycles. The molecule has 1 amide bonds. The number of carbonyl (C=O) groups excluding carboxylic acids is 1. The van der Waals surface area contributed by atoms with Gasteiger partial charge < -0.3 is 5.73 Å². The minimum atomic E-state index is -4.57. The maximum absolute atomic E-state index is 12.3. The zero-order valence-corrected chi connectivity index (χ0v) is 11.4. The van der Waals surface area contributed by atoms with E-state index in [1.54, 1.807) is 0 Å². The third kappa shape index (κ3) is 3.49. The van der Waals surface area contributed by atoms with Crippen molar-refractivity contribution in [2.45, 2.75) is 12.6 Å². The second-order valence-electron chi connectivity index (χ2n) is 3.53. The molecular weight excluding hydrogens is 315 g/mol. The van der Waals surface area contributed by atoms with Gasteiger partial charge in [0.05, 0.1) is 5.01 Å². The molecule has 0 spiro atoms. The van der Waals surface area contributed by atoms with Gasteiger partial charge in [0.1, 0.15) is 5.69 Å². The van der Waals surface area contributed by atoms with Crippen LogP contribution in [0.1, 0.15) is 20.5 Å². The number of thiazole rings is 1. The summed E-state index contributed by atoms with van der Waals surface area (Å²) in [6.45, 7) is 0.403. The number of anilines is 1. The molecule has 0 saturated heterocycles. The number of hydrogen-bond acceptors (Lipinski definition) is 7. The van der Waals surface area contributed by atoms with E-state index in [1.165, 1.54) is 16.7 Å². The molecule has 2 aromatic rings. The molecule has 0 radical (unpaired) electrons. The Labute approximate surface area is 118 Å². The van der Waals surface area contributed by atoms with Crippen LogP contribution in [0.15, 0.2) is 5.38 Å². The molecule has 11 heteroatoms. The highest BCUT2D eigenvalue weighted by Gasteiger charge is 2.35. The van der Waals surface area contributed by atoms with Crippen LogP contribution < -0.4 is 11.1 Å². The van der Waals surface area contributed by atoms with E-state index in [1.807, 2.05) is 0 Å². The molecule has 2 rings (SSSR count). The zero-order chi connectivity index (χ0) is 14.8. The molecule has 0 aliphatic heterocycles. The first-order valence-corrected chi connectivity index (χ1v) is 6.96. The summed E-state index contributed by atoms with van der Waals surface area (Å²) in [4.78, 5) is 15.8. The maximum atomic E-state index is 12.3. The molecule has 6 nitrogen and oxygen atoms in total. The molecule has 0 atom stereocenters. The van der Waals surface area contributed by atoms with Crippen LogP contribution in [0.3, 0.4) is 0 Å². The van der Waals surface area contributed by atoms with Crippen molar-refractivity contribution in [3.63, 3.8) is 0 Å². The molecule has 2 aromatic heterocycles. The lowest BCUT2D eigenvalue weighted by Crippen LogP contribution is -2.12. The SMILES string of the molecule is NCCc1nc(C(=O)Nc2nnc(C(F)(F)F)s2)cs1. The fourth-order valence-corrected chi connectivity index (χ4v) is 2.60. The summed E-state index contributed by atoms with van der Waals surface area (Å²) in [6.07, 6.45) is -4.04. The first-order chi connectivity index (χ1) is 9.40. The van der Waals surface area contributed by atoms with Crippen molar-refractivity contribution < 1.29 is 18.0 Å². The number of nitrogens with one attached hydrogen (secondary N) is 1. The van der Waals surface area contributed by atoms with Gasteiger partial charge in [0.25, 0.3) is 5.91 Å². The van der Waals surface area contributed by atoms with Gasteiger partial charge in [-0.15, -0.1) is 21.5 Å². The summed E-state index contributed by atoms with van der Waals surface area (Å²) >= 11 is 1.51. The summed E-state index contributed by atoms with van der Waals surface area (Å²) in [5.41, 5.74) is 5.47. The van der Waals surface area contributed by atoms with Crippen molar-refractivity contribution >= 4 is 33.7 Å². The second kappa shape index (κ2) is 5.81. The number of aromatic nitrogens is 3. The highest BCUT2D eigenvalue weighted by molar-refractivity contribution is 7.15. The Morgan fingerprint density at radius 3 is 2.75 bits per heavy atom. The van der Waals surface area contributed by atoms with Gasteiger partial charge in [-0.1, -0.05) is 11.3 Å². The minimum Gasteiger partial charge on any atom is -0.330 e. The number of hydrogen-bond donors (Lipinski definition) is 2. The molecule has 2 heterocycles. The van der Waals surface area contributed by atoms with Gasteiger partial charge >= 0.3 is 6.18 Å². The van der Waals surface area contributed by atoms with Gasteiger partial charge in [0, 0.05) is 11.8 Å². The first-order valence-electron chi connectivity index (χ1n) is 5.26. The fourth-order valence-electron chi connectivity index (χ4n) is 1.20. The third-order valence-electron chi connectivity index (χ3n) is 2.03. The van der Waals surface area contributed by atoms with Crippen molar-refractivity contribution in [1.29, 1.82) is 0 Å². The van der Waals surface area contributed by atoms with Gasteiger partial charge in [0.15, 0.2) is 0 Å². The van der Waals surface area contributed by atoms with Crippen molar-refractivity contribution in [2.24, 2.45) is 5.73 Å². The predicted octanol–water partition coefficient (Wildman–Crippen LogP) is 1.77. The lowest BCUT2D eigenvalue weighted by molar-refractivity contribution is -0.138. The average Bonchev–Trinajstić information content (AvgIpc) is 2.97. The van der Waals surface area contributed by atoms with E-state index in [-0.39, 0.29) is 22.2 Å². The Hall–Kier alpha value is -1.59. The fraction of sp³-hybridized carbons (Fsp3) is 0.333. The van der Waals surface area contributed by atoms with Crippen molar-refractivity contribution in [2.75, 3.05) is 11.9 Å². The summed E-state index contributed by atoms with van der Waals surface area (Å²) in [5, 5.41) is 9.30. The van der Waals surface area contributed by atoms with E-state index in [4.69, 9.17) is 5.73 Å². The Morgan fingerprint density at radius 1 is 1.40 bits per heavy atom. The molecule has 3 N–H and O–H groups in total. The number of rotatable bonds is 4. The van der Waals surface area contributed by atoms with Crippen LogP contribution in [0, 0.1) is 0 Å². The van der Waals surface area contributed by atoms with Crippen LogP contribution in [0.5, 0.6) is 0 Å². The molecule has 0 unspecified atom stereocenters. The topological polar surface area (TPSA) is 93.8 Å². The number of nitrogens with two attached hydrogens (primary N) is 1. The monoisotopic (exact) mass is 323 g/mol. The summed E-state index contributed by atoms with van der Waals surface area (Å²) in [7, 11) is 0. The van der Waals surface area contributed by atoms with Crippen LogP contribution in [0.25, 0.3) is 0 Å². The number of carbonyl (C=O) groups is 1. The zero-order valence-electron chi connectivity index (χ0n) is 9.77. The lowest BCUT2D eigenvalue weighted by atomic mass is 10.4. The summed E-state index contributed by atoms with van der Waals surface area (Å²) in [5.74, 6) is -0.630. The van der Waals surface area contributed by atoms with Crippen molar-refractivity contribution in [3.8, 4) is 0 Å². The number of halogens is 3. The Balaban J connectivity index is 2.05. The standard InChI is InChI=1S/C9H8F3N5OS2/c10-9(11,12)7-16-17-8(20-7)15-6(18)4-3-19-5(14-4)1-2-13/h3H,1-2,13H2,(H,15,17,18). The quantitative estimate of drug-likeness (QED) is 0.894. The number of amides is 1. The summed E-state index contributed by atoms with van der Waals surface area (Å²) < 4.78 is 37.0. The van der Waals surface area contributed by atoms with E-state index in [0.29, 0.717) is 18.0 Å². The Bertz CT molecular complexity index is 609. The molecular formula is C9H8F3N5OS2. The van der Waals surface area contributed by atoms with Crippen LogP contribution >= 0.6 is 22.7 Å². The van der Waals surface area contributed by atoms with E-state index in [2.05, 4.69) is 20.5 Å². The van der Waals surface area contributed by atoms with Crippen LogP contribution in [0.4, 0.5) is 18.3 Å². The van der Waals surface area contributed by atoms with E-state index in [0.717, 1.165) is 0 Å². The van der Waals surface area contributed by atoms with Crippen LogP contribution in [0.2, 0.25) is 0 Å². The highest BCUT2D eigenvalue weighted by Crippen LogP contribution is 2.33. The predicted molar refractivity (Wildman–Crippen MR) is 67.7 cm³/mol. The smallest absolute Gasteiger partial charge is 0.330 e. The molecule has 108 valence electrons. The third-order valence-corrected chi connectivity index (χ3v) is 3.82. The van der Waals surface area contributed by atoms with Crippen molar-refractivity contribution in [1.82, 2.24) is 15.2 Å². The normalized spacial score (nSPS) is 11.6. The van der Waals surface area contributed by atoms with Gasteiger partial charge in [-0.3, -0.25) is 10.1 Å². The molecule has 0 saturated carbocycles. The van der Waals surface area contributed by atoms with Gasteiger partial charge in [-0.2, -0.15) is 13.2 Å². The average molecular weight is 323 g/mol. The molecule has 0 fully saturated rings. The molecule has 20 heavy (non-hydrogen) atoms. The van der Waals surface area contributed by atoms with E-state index in [9.17, 15) is 18.0 Å². The number of nitrogens with zero attached hydrogens (tertiary/aromatic N) is 3. The van der Waals surface area contributed by atoms with Crippen LogP contribution in [-0.2, 0) is 12.6 Å². The molecule has 0 aromatic carbocycles. The molecule has 0 aliphatic rings. The molecule has 0 bridgehead atoms. The highest BCUT2D eigenvalue weighted by atomic mass is 32.1.